The van der Waals surface area contributed by atoms with Crippen LogP contribution in [0.1, 0.15) is 18.9 Å². The van der Waals surface area contributed by atoms with E-state index >= 15 is 0 Å². The normalized spacial score (nSPS) is 12.6. The summed E-state index contributed by atoms with van der Waals surface area (Å²) < 4.78 is 23.1. The lowest BCUT2D eigenvalue weighted by atomic mass is 10.1. The zero-order valence-electron chi connectivity index (χ0n) is 13.6. The first-order valence-electron chi connectivity index (χ1n) is 7.56. The number of hydrogen-bond acceptors (Lipinski definition) is 5. The lowest BCUT2D eigenvalue weighted by molar-refractivity contribution is -0.384. The van der Waals surface area contributed by atoms with Gasteiger partial charge in [0.15, 0.2) is 9.84 Å². The molecule has 1 N–H and O–H groups in total. The fourth-order valence-corrected chi connectivity index (χ4v) is 3.02. The summed E-state index contributed by atoms with van der Waals surface area (Å²) in [5.74, 6) is 0. The van der Waals surface area contributed by atoms with Gasteiger partial charge in [0.05, 0.1) is 9.82 Å². The number of nitro groups is 1. The number of nitrogens with zero attached hydrogens (tertiary/aromatic N) is 1. The van der Waals surface area contributed by atoms with Gasteiger partial charge in [0, 0.05) is 18.4 Å². The van der Waals surface area contributed by atoms with Crippen molar-refractivity contribution in [3.63, 3.8) is 0 Å². The van der Waals surface area contributed by atoms with Crippen LogP contribution in [-0.2, 0) is 16.3 Å². The van der Waals surface area contributed by atoms with Gasteiger partial charge in [-0.15, -0.1) is 0 Å². The molecule has 0 fully saturated rings. The average Bonchev–Trinajstić information content (AvgIpc) is 2.53. The lowest BCUT2D eigenvalue weighted by Crippen LogP contribution is -2.17. The van der Waals surface area contributed by atoms with Gasteiger partial charge in [0.25, 0.3) is 5.69 Å². The Labute approximate surface area is 141 Å². The molecule has 1 unspecified atom stereocenters. The molecule has 7 heteroatoms. The molecule has 0 saturated heterocycles. The first kappa shape index (κ1) is 17.9. The molecule has 0 aliphatic rings. The number of hydrogen-bond donors (Lipinski definition) is 1. The summed E-state index contributed by atoms with van der Waals surface area (Å²) >= 11 is 0. The number of rotatable bonds is 7. The third-order valence-electron chi connectivity index (χ3n) is 3.70. The molecule has 6 nitrogen and oxygen atoms in total. The molecule has 0 aliphatic carbocycles. The van der Waals surface area contributed by atoms with Crippen molar-refractivity contribution in [1.29, 1.82) is 0 Å². The van der Waals surface area contributed by atoms with Crippen molar-refractivity contribution in [3.05, 3.63) is 64.2 Å². The maximum Gasteiger partial charge on any atom is 0.293 e. The molecule has 0 heterocycles. The van der Waals surface area contributed by atoms with E-state index in [2.05, 4.69) is 5.32 Å². The number of anilines is 1. The largest absolute Gasteiger partial charge is 0.377 e. The molecule has 128 valence electrons. The standard InChI is InChI=1S/C17H20N2O4S/c1-13(8-9-14-6-4-3-5-7-14)18-16-11-10-15(24(2,22)23)12-17(16)19(20)21/h3-7,10-13,18H,8-9H2,1-2H3. The monoisotopic (exact) mass is 348 g/mol. The van der Waals surface area contributed by atoms with Gasteiger partial charge in [-0.25, -0.2) is 8.42 Å². The highest BCUT2D eigenvalue weighted by Crippen LogP contribution is 2.28. The Balaban J connectivity index is 2.12. The third kappa shape index (κ3) is 4.79. The summed E-state index contributed by atoms with van der Waals surface area (Å²) in [5, 5.41) is 14.3. The minimum Gasteiger partial charge on any atom is -0.377 e. The van der Waals surface area contributed by atoms with E-state index in [1.165, 1.54) is 17.7 Å². The minimum absolute atomic E-state index is 0.00740. The van der Waals surface area contributed by atoms with Crippen LogP contribution in [0.3, 0.4) is 0 Å². The van der Waals surface area contributed by atoms with Crippen LogP contribution in [0.4, 0.5) is 11.4 Å². The summed E-state index contributed by atoms with van der Waals surface area (Å²) in [6, 6.07) is 13.9. The predicted octanol–water partition coefficient (Wildman–Crippen LogP) is 3.43. The van der Waals surface area contributed by atoms with E-state index in [1.54, 1.807) is 0 Å². The van der Waals surface area contributed by atoms with Gasteiger partial charge in [-0.2, -0.15) is 0 Å². The van der Waals surface area contributed by atoms with Gasteiger partial charge in [-0.1, -0.05) is 30.3 Å². The van der Waals surface area contributed by atoms with Crippen LogP contribution in [0.25, 0.3) is 0 Å². The predicted molar refractivity (Wildman–Crippen MR) is 94.1 cm³/mol. The Bertz CT molecular complexity index is 820. The molecule has 2 aromatic rings. The van der Waals surface area contributed by atoms with Crippen molar-refractivity contribution < 1.29 is 13.3 Å². The molecule has 0 aromatic heterocycles. The van der Waals surface area contributed by atoms with Crippen LogP contribution in [0.5, 0.6) is 0 Å². The van der Waals surface area contributed by atoms with Crippen molar-refractivity contribution in [1.82, 2.24) is 0 Å². The topological polar surface area (TPSA) is 89.3 Å². The quantitative estimate of drug-likeness (QED) is 0.611. The van der Waals surface area contributed by atoms with E-state index in [1.807, 2.05) is 37.3 Å². The second kappa shape index (κ2) is 7.44. The molecule has 0 aliphatic heterocycles. The van der Waals surface area contributed by atoms with Gasteiger partial charge < -0.3 is 5.32 Å². The van der Waals surface area contributed by atoms with E-state index in [4.69, 9.17) is 0 Å². The second-order valence-corrected chi connectivity index (χ2v) is 7.79. The average molecular weight is 348 g/mol. The van der Waals surface area contributed by atoms with Crippen LogP contribution in [0, 0.1) is 10.1 Å². The second-order valence-electron chi connectivity index (χ2n) is 5.78. The number of aryl methyl sites for hydroxylation is 1. The molecule has 2 rings (SSSR count). The number of nitro benzene ring substituents is 1. The molecule has 0 saturated carbocycles. The molecule has 0 radical (unpaired) electrons. The first-order chi connectivity index (χ1) is 11.3. The van der Waals surface area contributed by atoms with Gasteiger partial charge in [0.1, 0.15) is 5.69 Å². The molecular weight excluding hydrogens is 328 g/mol. The lowest BCUT2D eigenvalue weighted by Gasteiger charge is -2.15. The SMILES string of the molecule is CC(CCc1ccccc1)Nc1ccc(S(C)(=O)=O)cc1[N+](=O)[O-]. The minimum atomic E-state index is -3.48. The van der Waals surface area contributed by atoms with E-state index in [0.29, 0.717) is 5.69 Å². The Hall–Kier alpha value is -2.41. The molecule has 0 amide bonds. The van der Waals surface area contributed by atoms with E-state index < -0.39 is 14.8 Å². The van der Waals surface area contributed by atoms with Gasteiger partial charge >= 0.3 is 0 Å². The number of sulfone groups is 1. The number of benzene rings is 2. The summed E-state index contributed by atoms with van der Waals surface area (Å²) in [6.07, 6.45) is 2.68. The number of nitrogens with one attached hydrogen (secondary N) is 1. The van der Waals surface area contributed by atoms with Crippen LogP contribution >= 0.6 is 0 Å². The van der Waals surface area contributed by atoms with Gasteiger partial charge in [-0.05, 0) is 37.5 Å². The zero-order chi connectivity index (χ0) is 17.7. The molecule has 24 heavy (non-hydrogen) atoms. The van der Waals surface area contributed by atoms with Crippen molar-refractivity contribution in [2.45, 2.75) is 30.7 Å². The Morgan fingerprint density at radius 2 is 1.83 bits per heavy atom. The third-order valence-corrected chi connectivity index (χ3v) is 4.82. The summed E-state index contributed by atoms with van der Waals surface area (Å²) in [5.41, 5.74) is 1.30. The first-order valence-corrected chi connectivity index (χ1v) is 9.45. The molecule has 2 aromatic carbocycles. The van der Waals surface area contributed by atoms with Crippen LogP contribution in [-0.4, -0.2) is 25.6 Å². The smallest absolute Gasteiger partial charge is 0.293 e. The highest BCUT2D eigenvalue weighted by Gasteiger charge is 2.19. The summed E-state index contributed by atoms with van der Waals surface area (Å²) in [6.45, 7) is 1.94. The van der Waals surface area contributed by atoms with E-state index in [0.717, 1.165) is 25.2 Å². The fraction of sp³-hybridized carbons (Fsp3) is 0.294. The van der Waals surface area contributed by atoms with Crippen molar-refractivity contribution >= 4 is 21.2 Å². The van der Waals surface area contributed by atoms with E-state index in [9.17, 15) is 18.5 Å². The molecular formula is C17H20N2O4S. The van der Waals surface area contributed by atoms with Crippen molar-refractivity contribution in [3.8, 4) is 0 Å². The van der Waals surface area contributed by atoms with Gasteiger partial charge in [-0.3, -0.25) is 10.1 Å². The summed E-state index contributed by atoms with van der Waals surface area (Å²) in [4.78, 5) is 10.6. The highest BCUT2D eigenvalue weighted by atomic mass is 32.2. The van der Waals surface area contributed by atoms with Crippen LogP contribution < -0.4 is 5.32 Å². The fourth-order valence-electron chi connectivity index (χ4n) is 2.38. The Kier molecular flexibility index (Phi) is 5.56. The van der Waals surface area contributed by atoms with Crippen LogP contribution in [0.15, 0.2) is 53.4 Å². The highest BCUT2D eigenvalue weighted by molar-refractivity contribution is 7.90. The molecule has 0 spiro atoms. The van der Waals surface area contributed by atoms with Crippen LogP contribution in [0.2, 0.25) is 0 Å². The van der Waals surface area contributed by atoms with Crippen molar-refractivity contribution in [2.75, 3.05) is 11.6 Å². The maximum atomic E-state index is 11.6. The van der Waals surface area contributed by atoms with Crippen molar-refractivity contribution in [2.24, 2.45) is 0 Å². The summed E-state index contributed by atoms with van der Waals surface area (Å²) in [7, 11) is -3.48. The molecule has 0 bridgehead atoms. The Morgan fingerprint density at radius 3 is 2.42 bits per heavy atom. The zero-order valence-corrected chi connectivity index (χ0v) is 14.4. The maximum absolute atomic E-state index is 11.6. The molecule has 1 atom stereocenters. The Morgan fingerprint density at radius 1 is 1.17 bits per heavy atom. The van der Waals surface area contributed by atoms with Gasteiger partial charge in [0.2, 0.25) is 0 Å². The van der Waals surface area contributed by atoms with E-state index in [-0.39, 0.29) is 16.6 Å².